The lowest BCUT2D eigenvalue weighted by atomic mass is 10.1. The molecule has 0 aliphatic rings. The number of pyridine rings is 2. The van der Waals surface area contributed by atoms with Crippen LogP contribution in [0.3, 0.4) is 0 Å². The van der Waals surface area contributed by atoms with Gasteiger partial charge in [-0.05, 0) is 55.3 Å². The largest absolute Gasteiger partial charge is 0.493 e. The third kappa shape index (κ3) is 3.41. The van der Waals surface area contributed by atoms with Crippen LogP contribution in [0.25, 0.3) is 22.6 Å². The van der Waals surface area contributed by atoms with Gasteiger partial charge in [0.1, 0.15) is 28.7 Å². The van der Waals surface area contributed by atoms with Crippen molar-refractivity contribution in [2.24, 2.45) is 0 Å². The van der Waals surface area contributed by atoms with E-state index in [2.05, 4.69) is 26.3 Å². The van der Waals surface area contributed by atoms with Gasteiger partial charge in [-0.1, -0.05) is 18.2 Å². The minimum atomic E-state index is 0.732. The number of nitrogens with zero attached hydrogens (tertiary/aromatic N) is 4. The van der Waals surface area contributed by atoms with Gasteiger partial charge in [0.05, 0.1) is 19.7 Å². The molecule has 0 aliphatic carbocycles. The van der Waals surface area contributed by atoms with Crippen LogP contribution in [0.2, 0.25) is 0 Å². The molecule has 5 aromatic rings. The maximum absolute atomic E-state index is 5.44. The van der Waals surface area contributed by atoms with Gasteiger partial charge in [-0.15, -0.1) is 0 Å². The zero-order valence-electron chi connectivity index (χ0n) is 18.4. The van der Waals surface area contributed by atoms with Crippen molar-refractivity contribution >= 4 is 17.0 Å². The van der Waals surface area contributed by atoms with Gasteiger partial charge in [0.25, 0.3) is 0 Å². The number of rotatable bonds is 7. The molecule has 0 saturated carbocycles. The fourth-order valence-corrected chi connectivity index (χ4v) is 4.06. The number of aryl methyl sites for hydroxylation is 1. The van der Waals surface area contributed by atoms with E-state index in [0.29, 0.717) is 0 Å². The van der Waals surface area contributed by atoms with Gasteiger partial charge >= 0.3 is 0 Å². The van der Waals surface area contributed by atoms with Gasteiger partial charge < -0.3 is 19.2 Å². The van der Waals surface area contributed by atoms with Crippen LogP contribution in [0.4, 0.5) is 5.82 Å². The zero-order chi connectivity index (χ0) is 22.1. The average molecular weight is 428 g/mol. The molecular formula is C25H25N5O2. The summed E-state index contributed by atoms with van der Waals surface area (Å²) in [5.41, 5.74) is 4.80. The standard InChI is InChI=1S/C25H25N5O2/c1-17-27-23(19-8-4-6-14-29(17)19)24-25(30-15-7-5-9-22(30)28-24)26-13-12-18-10-11-20(31-2)21(16-18)32-3/h4-11,14-16,26H,12-13H2,1-3H3. The topological polar surface area (TPSA) is 65.1 Å². The van der Waals surface area contributed by atoms with E-state index in [-0.39, 0.29) is 0 Å². The molecular weight excluding hydrogens is 402 g/mol. The van der Waals surface area contributed by atoms with E-state index >= 15 is 0 Å². The molecule has 1 N–H and O–H groups in total. The van der Waals surface area contributed by atoms with Gasteiger partial charge in [0, 0.05) is 18.9 Å². The predicted molar refractivity (Wildman–Crippen MR) is 126 cm³/mol. The van der Waals surface area contributed by atoms with Gasteiger partial charge in [-0.3, -0.25) is 4.40 Å². The van der Waals surface area contributed by atoms with Crippen molar-refractivity contribution in [2.75, 3.05) is 26.1 Å². The number of anilines is 1. The van der Waals surface area contributed by atoms with Crippen LogP contribution in [-0.4, -0.2) is 39.5 Å². The summed E-state index contributed by atoms with van der Waals surface area (Å²) < 4.78 is 14.9. The van der Waals surface area contributed by atoms with Crippen LogP contribution in [0.5, 0.6) is 11.5 Å². The Bertz CT molecular complexity index is 1400. The summed E-state index contributed by atoms with van der Waals surface area (Å²) in [5, 5.41) is 3.60. The molecule has 7 nitrogen and oxygen atoms in total. The van der Waals surface area contributed by atoms with Crippen molar-refractivity contribution in [3.63, 3.8) is 0 Å². The molecule has 0 spiro atoms. The van der Waals surface area contributed by atoms with Crippen molar-refractivity contribution in [3.8, 4) is 22.9 Å². The second-order valence-electron chi connectivity index (χ2n) is 7.57. The van der Waals surface area contributed by atoms with Crippen LogP contribution in [0, 0.1) is 6.92 Å². The van der Waals surface area contributed by atoms with Gasteiger partial charge in [0.15, 0.2) is 11.5 Å². The van der Waals surface area contributed by atoms with E-state index < -0.39 is 0 Å². The van der Waals surface area contributed by atoms with Crippen molar-refractivity contribution < 1.29 is 9.47 Å². The number of imidazole rings is 2. The summed E-state index contributed by atoms with van der Waals surface area (Å²) in [4.78, 5) is 9.75. The summed E-state index contributed by atoms with van der Waals surface area (Å²) in [5.74, 6) is 3.34. The first-order valence-corrected chi connectivity index (χ1v) is 10.6. The maximum Gasteiger partial charge on any atom is 0.160 e. The normalized spacial score (nSPS) is 11.2. The Morgan fingerprint density at radius 3 is 2.44 bits per heavy atom. The summed E-state index contributed by atoms with van der Waals surface area (Å²) in [6, 6.07) is 18.1. The fraction of sp³-hybridized carbons (Fsp3) is 0.200. The number of hydrogen-bond donors (Lipinski definition) is 1. The third-order valence-corrected chi connectivity index (χ3v) is 5.63. The van der Waals surface area contributed by atoms with E-state index in [9.17, 15) is 0 Å². The maximum atomic E-state index is 5.44. The van der Waals surface area contributed by atoms with Crippen molar-refractivity contribution in [2.45, 2.75) is 13.3 Å². The van der Waals surface area contributed by atoms with Crippen molar-refractivity contribution in [3.05, 3.63) is 78.4 Å². The minimum Gasteiger partial charge on any atom is -0.493 e. The summed E-state index contributed by atoms with van der Waals surface area (Å²) >= 11 is 0. The highest BCUT2D eigenvalue weighted by Crippen LogP contribution is 2.32. The third-order valence-electron chi connectivity index (χ3n) is 5.63. The van der Waals surface area contributed by atoms with E-state index in [4.69, 9.17) is 19.4 Å². The molecule has 0 fully saturated rings. The molecule has 4 aromatic heterocycles. The second kappa shape index (κ2) is 8.26. The summed E-state index contributed by atoms with van der Waals surface area (Å²) in [6.07, 6.45) is 4.87. The van der Waals surface area contributed by atoms with Crippen LogP contribution in [-0.2, 0) is 6.42 Å². The fourth-order valence-electron chi connectivity index (χ4n) is 4.06. The quantitative estimate of drug-likeness (QED) is 0.410. The summed E-state index contributed by atoms with van der Waals surface area (Å²) in [7, 11) is 3.30. The molecule has 162 valence electrons. The van der Waals surface area contributed by atoms with E-state index in [1.54, 1.807) is 14.2 Å². The Balaban J connectivity index is 1.49. The zero-order valence-corrected chi connectivity index (χ0v) is 18.4. The molecule has 5 rings (SSSR count). The molecule has 0 saturated heterocycles. The van der Waals surface area contributed by atoms with Crippen molar-refractivity contribution in [1.29, 1.82) is 0 Å². The lowest BCUT2D eigenvalue weighted by Gasteiger charge is -2.11. The lowest BCUT2D eigenvalue weighted by molar-refractivity contribution is 0.354. The SMILES string of the molecule is COc1ccc(CCNc2c(-c3nc(C)n4ccccc34)nc3ccccn23)cc1OC. The lowest BCUT2D eigenvalue weighted by Crippen LogP contribution is -2.08. The van der Waals surface area contributed by atoms with Crippen molar-refractivity contribution in [1.82, 2.24) is 18.8 Å². The Hall–Kier alpha value is -4.00. The molecule has 1 aromatic carbocycles. The number of methoxy groups -OCH3 is 2. The average Bonchev–Trinajstić information content (AvgIpc) is 3.37. The van der Waals surface area contributed by atoms with E-state index in [0.717, 1.165) is 64.2 Å². The minimum absolute atomic E-state index is 0.732. The molecule has 0 amide bonds. The molecule has 0 unspecified atom stereocenters. The van der Waals surface area contributed by atoms with Crippen LogP contribution in [0.15, 0.2) is 67.0 Å². The molecule has 0 radical (unpaired) electrons. The van der Waals surface area contributed by atoms with Crippen LogP contribution >= 0.6 is 0 Å². The van der Waals surface area contributed by atoms with Crippen LogP contribution < -0.4 is 14.8 Å². The van der Waals surface area contributed by atoms with E-state index in [1.165, 1.54) is 0 Å². The second-order valence-corrected chi connectivity index (χ2v) is 7.57. The first-order valence-electron chi connectivity index (χ1n) is 10.6. The molecule has 0 atom stereocenters. The Labute approximate surface area is 186 Å². The van der Waals surface area contributed by atoms with Gasteiger partial charge in [-0.25, -0.2) is 9.97 Å². The number of fused-ring (bicyclic) bond motifs is 2. The Kier molecular flexibility index (Phi) is 5.15. The molecule has 7 heteroatoms. The molecule has 4 heterocycles. The highest BCUT2D eigenvalue weighted by atomic mass is 16.5. The number of benzene rings is 1. The molecule has 32 heavy (non-hydrogen) atoms. The Morgan fingerprint density at radius 1 is 0.844 bits per heavy atom. The molecule has 0 bridgehead atoms. The predicted octanol–water partition coefficient (Wildman–Crippen LogP) is 4.63. The molecule has 0 aliphatic heterocycles. The van der Waals surface area contributed by atoms with E-state index in [1.807, 2.05) is 61.8 Å². The monoisotopic (exact) mass is 427 g/mol. The first kappa shape index (κ1) is 19.9. The highest BCUT2D eigenvalue weighted by molar-refractivity contribution is 5.84. The number of ether oxygens (including phenoxy) is 2. The number of nitrogens with one attached hydrogen (secondary N) is 1. The van der Waals surface area contributed by atoms with Crippen LogP contribution in [0.1, 0.15) is 11.4 Å². The number of aromatic nitrogens is 4. The Morgan fingerprint density at radius 2 is 1.62 bits per heavy atom. The van der Waals surface area contributed by atoms with Gasteiger partial charge in [0.2, 0.25) is 0 Å². The number of hydrogen-bond acceptors (Lipinski definition) is 5. The summed E-state index contributed by atoms with van der Waals surface area (Å²) in [6.45, 7) is 2.74. The highest BCUT2D eigenvalue weighted by Gasteiger charge is 2.19. The first-order chi connectivity index (χ1) is 15.7. The van der Waals surface area contributed by atoms with Gasteiger partial charge in [-0.2, -0.15) is 0 Å². The smallest absolute Gasteiger partial charge is 0.160 e.